The molecule has 10 heteroatoms. The summed E-state index contributed by atoms with van der Waals surface area (Å²) in [5.74, 6) is 0.353. The molecule has 2 aromatic carbocycles. The van der Waals surface area contributed by atoms with E-state index in [0.717, 1.165) is 17.1 Å². The van der Waals surface area contributed by atoms with Crippen molar-refractivity contribution >= 4 is 22.3 Å². The van der Waals surface area contributed by atoms with Crippen LogP contribution in [0.5, 0.6) is 0 Å². The number of fused-ring (bicyclic) bond motifs is 1. The lowest BCUT2D eigenvalue weighted by atomic mass is 10.00. The van der Waals surface area contributed by atoms with Crippen molar-refractivity contribution in [2.24, 2.45) is 5.73 Å². The fourth-order valence-corrected chi connectivity index (χ4v) is 4.20. The van der Waals surface area contributed by atoms with Crippen molar-refractivity contribution in [3.05, 3.63) is 58.8 Å². The smallest absolute Gasteiger partial charge is 0.367 e. The van der Waals surface area contributed by atoms with Gasteiger partial charge in [0.05, 0.1) is 17.8 Å². The van der Waals surface area contributed by atoms with Crippen LogP contribution in [0, 0.1) is 13.8 Å². The van der Waals surface area contributed by atoms with Crippen molar-refractivity contribution < 1.29 is 17.6 Å². The number of hydrogen-bond donors (Lipinski definition) is 3. The molecule has 2 heterocycles. The average Bonchev–Trinajstić information content (AvgIpc) is 2.99. The molecule has 2 atom stereocenters. The minimum Gasteiger partial charge on any atom is -0.367 e. The number of nitrogens with one attached hydrogen (secondary N) is 2. The third-order valence-electron chi connectivity index (χ3n) is 5.96. The molecule has 6 nitrogen and oxygen atoms in total. The Morgan fingerprint density at radius 3 is 2.70 bits per heavy atom. The summed E-state index contributed by atoms with van der Waals surface area (Å²) >= 11 is 0. The van der Waals surface area contributed by atoms with Gasteiger partial charge in [0, 0.05) is 36.1 Å². The predicted molar refractivity (Wildman–Crippen MR) is 121 cm³/mol. The van der Waals surface area contributed by atoms with Crippen LogP contribution in [-0.2, 0) is 6.18 Å². The molecule has 0 aliphatic carbocycles. The molecule has 33 heavy (non-hydrogen) atoms. The summed E-state index contributed by atoms with van der Waals surface area (Å²) in [6.07, 6.45) is -6.40. The molecule has 0 radical (unpaired) electrons. The maximum Gasteiger partial charge on any atom is 0.416 e. The Morgan fingerprint density at radius 1 is 1.15 bits per heavy atom. The number of benzene rings is 2. The third-order valence-corrected chi connectivity index (χ3v) is 5.96. The lowest BCUT2D eigenvalue weighted by molar-refractivity contribution is -0.138. The van der Waals surface area contributed by atoms with Crippen LogP contribution in [0.25, 0.3) is 10.8 Å². The van der Waals surface area contributed by atoms with Crippen molar-refractivity contribution in [3.63, 3.8) is 0 Å². The Kier molecular flexibility index (Phi) is 6.40. The van der Waals surface area contributed by atoms with Crippen molar-refractivity contribution in [1.29, 1.82) is 0 Å². The van der Waals surface area contributed by atoms with E-state index in [2.05, 4.69) is 20.8 Å². The number of aryl methyl sites for hydroxylation is 1. The van der Waals surface area contributed by atoms with Crippen molar-refractivity contribution in [2.75, 3.05) is 36.4 Å². The molecule has 0 unspecified atom stereocenters. The third kappa shape index (κ3) is 4.86. The Bertz CT molecular complexity index is 1150. The zero-order chi connectivity index (χ0) is 23.8. The molecule has 0 saturated carbocycles. The first kappa shape index (κ1) is 23.2. The van der Waals surface area contributed by atoms with Gasteiger partial charge in [0.1, 0.15) is 12.3 Å². The molecule has 1 fully saturated rings. The Balaban J connectivity index is 1.70. The van der Waals surface area contributed by atoms with E-state index in [4.69, 9.17) is 5.73 Å². The summed E-state index contributed by atoms with van der Waals surface area (Å²) in [6.45, 7) is 5.11. The van der Waals surface area contributed by atoms with Gasteiger partial charge >= 0.3 is 6.18 Å². The highest BCUT2D eigenvalue weighted by Crippen LogP contribution is 2.35. The second-order valence-electron chi connectivity index (χ2n) is 8.25. The van der Waals surface area contributed by atoms with E-state index in [0.29, 0.717) is 42.1 Å². The van der Waals surface area contributed by atoms with Crippen molar-refractivity contribution in [2.45, 2.75) is 32.4 Å². The second kappa shape index (κ2) is 9.11. The Morgan fingerprint density at radius 2 is 1.94 bits per heavy atom. The molecule has 0 spiro atoms. The highest BCUT2D eigenvalue weighted by Gasteiger charge is 2.33. The van der Waals surface area contributed by atoms with Gasteiger partial charge in [-0.1, -0.05) is 18.2 Å². The zero-order valence-electron chi connectivity index (χ0n) is 18.4. The van der Waals surface area contributed by atoms with E-state index in [1.807, 2.05) is 30.0 Å². The van der Waals surface area contributed by atoms with Gasteiger partial charge in [-0.15, -0.1) is 5.10 Å². The number of aromatic nitrogens is 2. The lowest BCUT2D eigenvalue weighted by Crippen LogP contribution is -2.30. The monoisotopic (exact) mass is 462 g/mol. The van der Waals surface area contributed by atoms with E-state index in [-0.39, 0.29) is 12.1 Å². The lowest BCUT2D eigenvalue weighted by Gasteiger charge is -2.24. The standard InChI is InChI=1S/C23H26F4N6/c1-13-17(4-3-5-20(13)23(25,26)27)21(28)30-22-19-10-16(6-7-18(19)14(2)31-32-22)33-9-8-29-11-15(24)12-33/h3-7,10,15,21,29H,8-9,11-12,28H2,1-2H3,(H,30,32)/t15-,21+/m1/s1. The SMILES string of the molecule is Cc1c([C@@H](N)Nc2nnc(C)c3ccc(N4CCNC[C@@H](F)C4)cc23)cccc1C(F)(F)F. The van der Waals surface area contributed by atoms with Crippen LogP contribution in [-0.4, -0.2) is 42.5 Å². The van der Waals surface area contributed by atoms with Crippen LogP contribution in [0.1, 0.15) is 28.6 Å². The first-order valence-electron chi connectivity index (χ1n) is 10.7. The minimum atomic E-state index is -4.47. The maximum atomic E-state index is 14.1. The fraction of sp³-hybridized carbons (Fsp3) is 0.391. The molecular formula is C23H26F4N6. The van der Waals surface area contributed by atoms with Gasteiger partial charge in [0.25, 0.3) is 0 Å². The van der Waals surface area contributed by atoms with Crippen LogP contribution in [0.15, 0.2) is 36.4 Å². The molecule has 3 aromatic rings. The number of rotatable bonds is 4. The summed E-state index contributed by atoms with van der Waals surface area (Å²) in [6, 6.07) is 9.63. The second-order valence-corrected chi connectivity index (χ2v) is 8.25. The maximum absolute atomic E-state index is 14.1. The molecule has 176 valence electrons. The van der Waals surface area contributed by atoms with Gasteiger partial charge < -0.3 is 21.3 Å². The van der Waals surface area contributed by atoms with Crippen LogP contribution < -0.4 is 21.3 Å². The summed E-state index contributed by atoms with van der Waals surface area (Å²) in [5.41, 5.74) is 7.45. The summed E-state index contributed by atoms with van der Waals surface area (Å²) in [7, 11) is 0. The number of hydrogen-bond acceptors (Lipinski definition) is 6. The van der Waals surface area contributed by atoms with Gasteiger partial charge in [0.2, 0.25) is 0 Å². The summed E-state index contributed by atoms with van der Waals surface area (Å²) in [4.78, 5) is 1.96. The normalized spacial score (nSPS) is 18.3. The molecule has 4 rings (SSSR count). The number of nitrogens with two attached hydrogens (primary N) is 1. The van der Waals surface area contributed by atoms with Crippen molar-refractivity contribution in [3.8, 4) is 0 Å². The first-order valence-corrected chi connectivity index (χ1v) is 10.7. The highest BCUT2D eigenvalue weighted by atomic mass is 19.4. The number of anilines is 2. The van der Waals surface area contributed by atoms with E-state index in [1.165, 1.54) is 13.0 Å². The number of halogens is 4. The molecular weight excluding hydrogens is 436 g/mol. The largest absolute Gasteiger partial charge is 0.416 e. The van der Waals surface area contributed by atoms with Crippen LogP contribution >= 0.6 is 0 Å². The van der Waals surface area contributed by atoms with Crippen molar-refractivity contribution in [1.82, 2.24) is 15.5 Å². The van der Waals surface area contributed by atoms with Gasteiger partial charge in [0.15, 0.2) is 5.82 Å². The predicted octanol–water partition coefficient (Wildman–Crippen LogP) is 4.08. The Hall–Kier alpha value is -2.98. The van der Waals surface area contributed by atoms with E-state index < -0.39 is 24.1 Å². The summed E-state index contributed by atoms with van der Waals surface area (Å²) < 4.78 is 54.1. The van der Waals surface area contributed by atoms with Crippen LogP contribution in [0.4, 0.5) is 29.1 Å². The zero-order valence-corrected chi connectivity index (χ0v) is 18.4. The van der Waals surface area contributed by atoms with E-state index >= 15 is 0 Å². The molecule has 1 saturated heterocycles. The van der Waals surface area contributed by atoms with Crippen LogP contribution in [0.3, 0.4) is 0 Å². The highest BCUT2D eigenvalue weighted by molar-refractivity contribution is 5.95. The summed E-state index contributed by atoms with van der Waals surface area (Å²) in [5, 5.41) is 16.0. The number of nitrogens with zero attached hydrogens (tertiary/aromatic N) is 3. The van der Waals surface area contributed by atoms with Gasteiger partial charge in [-0.2, -0.15) is 18.3 Å². The van der Waals surface area contributed by atoms with E-state index in [1.54, 1.807) is 6.07 Å². The first-order chi connectivity index (χ1) is 15.6. The quantitative estimate of drug-likeness (QED) is 0.401. The molecule has 0 bridgehead atoms. The molecule has 1 aromatic heterocycles. The van der Waals surface area contributed by atoms with E-state index in [9.17, 15) is 17.6 Å². The molecule has 1 aliphatic rings. The topological polar surface area (TPSA) is 79.1 Å². The molecule has 1 aliphatic heterocycles. The number of alkyl halides is 4. The van der Waals surface area contributed by atoms with Gasteiger partial charge in [-0.05, 0) is 43.2 Å². The van der Waals surface area contributed by atoms with Crippen LogP contribution in [0.2, 0.25) is 0 Å². The molecule has 4 N–H and O–H groups in total. The molecule has 0 amide bonds. The Labute approximate surface area is 189 Å². The fourth-order valence-electron chi connectivity index (χ4n) is 4.20. The minimum absolute atomic E-state index is 0.0566. The van der Waals surface area contributed by atoms with Gasteiger partial charge in [-0.3, -0.25) is 0 Å². The van der Waals surface area contributed by atoms with Gasteiger partial charge in [-0.25, -0.2) is 4.39 Å². The average molecular weight is 462 g/mol.